The van der Waals surface area contributed by atoms with Crippen LogP contribution < -0.4 is 0 Å². The van der Waals surface area contributed by atoms with Crippen molar-refractivity contribution in [1.29, 1.82) is 0 Å². The quantitative estimate of drug-likeness (QED) is 0.403. The summed E-state index contributed by atoms with van der Waals surface area (Å²) in [6, 6.07) is 21.8. The Morgan fingerprint density at radius 2 is 1.50 bits per heavy atom. The average molecular weight is 358 g/mol. The van der Waals surface area contributed by atoms with Gasteiger partial charge in [-0.1, -0.05) is 95.1 Å². The molecular formula is C24H27BS. The van der Waals surface area contributed by atoms with E-state index >= 15 is 0 Å². The van der Waals surface area contributed by atoms with Crippen molar-refractivity contribution in [3.05, 3.63) is 71.1 Å². The standard InChI is InChI=1S/C24H27BS/c1-5-15-24(4,25)23-21(17(2)3)16-22(26-23)20-13-11-19(12-14-20)18-9-7-6-8-10-18/h6-14,16-17H,5,15H2,1-4H3. The van der Waals surface area contributed by atoms with Crippen LogP contribution in [0.2, 0.25) is 0 Å². The van der Waals surface area contributed by atoms with Gasteiger partial charge in [0.15, 0.2) is 0 Å². The van der Waals surface area contributed by atoms with E-state index in [9.17, 15) is 0 Å². The van der Waals surface area contributed by atoms with E-state index in [0.29, 0.717) is 5.92 Å². The van der Waals surface area contributed by atoms with Crippen molar-refractivity contribution in [2.75, 3.05) is 0 Å². The summed E-state index contributed by atoms with van der Waals surface area (Å²) in [7, 11) is 6.69. The first kappa shape index (κ1) is 19.0. The molecule has 0 saturated heterocycles. The molecule has 0 fully saturated rings. The van der Waals surface area contributed by atoms with Crippen molar-refractivity contribution in [2.24, 2.45) is 0 Å². The highest BCUT2D eigenvalue weighted by Gasteiger charge is 2.26. The lowest BCUT2D eigenvalue weighted by molar-refractivity contribution is 0.597. The monoisotopic (exact) mass is 358 g/mol. The highest BCUT2D eigenvalue weighted by molar-refractivity contribution is 7.16. The molecule has 2 radical (unpaired) electrons. The highest BCUT2D eigenvalue weighted by atomic mass is 32.1. The van der Waals surface area contributed by atoms with Crippen LogP contribution in [-0.2, 0) is 5.31 Å². The molecule has 1 unspecified atom stereocenters. The predicted molar refractivity (Wildman–Crippen MR) is 117 cm³/mol. The molecular weight excluding hydrogens is 331 g/mol. The zero-order valence-electron chi connectivity index (χ0n) is 16.3. The van der Waals surface area contributed by atoms with Crippen LogP contribution in [0.5, 0.6) is 0 Å². The van der Waals surface area contributed by atoms with Gasteiger partial charge in [0.25, 0.3) is 0 Å². The summed E-state index contributed by atoms with van der Waals surface area (Å²) < 4.78 is 0. The van der Waals surface area contributed by atoms with E-state index in [1.807, 2.05) is 11.3 Å². The average Bonchev–Trinajstić information content (AvgIpc) is 3.09. The molecule has 1 atom stereocenters. The number of hydrogen-bond acceptors (Lipinski definition) is 1. The molecule has 0 aliphatic heterocycles. The summed E-state index contributed by atoms with van der Waals surface area (Å²) in [5, 5.41) is -0.249. The Bertz CT molecular complexity index is 842. The summed E-state index contributed by atoms with van der Waals surface area (Å²) in [6.45, 7) is 8.90. The minimum atomic E-state index is -0.249. The smallest absolute Gasteiger partial charge is 0.0818 e. The summed E-state index contributed by atoms with van der Waals surface area (Å²) in [4.78, 5) is 2.66. The molecule has 0 spiro atoms. The minimum absolute atomic E-state index is 0.249. The van der Waals surface area contributed by atoms with E-state index < -0.39 is 0 Å². The summed E-state index contributed by atoms with van der Waals surface area (Å²) in [5.41, 5.74) is 5.18. The van der Waals surface area contributed by atoms with Crippen molar-refractivity contribution in [3.8, 4) is 21.6 Å². The van der Waals surface area contributed by atoms with Crippen LogP contribution >= 0.6 is 11.3 Å². The van der Waals surface area contributed by atoms with Gasteiger partial charge in [-0.05, 0) is 39.6 Å². The van der Waals surface area contributed by atoms with E-state index in [4.69, 9.17) is 7.85 Å². The molecule has 0 bridgehead atoms. The van der Waals surface area contributed by atoms with E-state index in [1.165, 1.54) is 32.0 Å². The lowest BCUT2D eigenvalue weighted by Crippen LogP contribution is -2.22. The van der Waals surface area contributed by atoms with Crippen LogP contribution in [0.25, 0.3) is 21.6 Å². The van der Waals surface area contributed by atoms with Gasteiger partial charge in [-0.3, -0.25) is 0 Å². The predicted octanol–water partition coefficient (Wildman–Crippen LogP) is 7.39. The van der Waals surface area contributed by atoms with Crippen LogP contribution in [0.4, 0.5) is 0 Å². The fourth-order valence-electron chi connectivity index (χ4n) is 3.51. The second kappa shape index (κ2) is 7.84. The second-order valence-corrected chi connectivity index (χ2v) is 8.71. The molecule has 0 N–H and O–H groups in total. The largest absolute Gasteiger partial charge is 0.140 e. The molecule has 2 heteroatoms. The van der Waals surface area contributed by atoms with Crippen LogP contribution in [0.15, 0.2) is 60.7 Å². The Labute approximate surface area is 163 Å². The third-order valence-electron chi connectivity index (χ3n) is 4.95. The fraction of sp³-hybridized carbons (Fsp3) is 0.333. The topological polar surface area (TPSA) is 0 Å². The lowest BCUT2D eigenvalue weighted by atomic mass is 9.65. The molecule has 26 heavy (non-hydrogen) atoms. The Morgan fingerprint density at radius 1 is 0.923 bits per heavy atom. The Hall–Kier alpha value is -1.80. The van der Waals surface area contributed by atoms with Gasteiger partial charge in [0.1, 0.15) is 0 Å². The number of hydrogen-bond donors (Lipinski definition) is 0. The van der Waals surface area contributed by atoms with E-state index in [-0.39, 0.29) is 5.31 Å². The van der Waals surface area contributed by atoms with E-state index in [2.05, 4.69) is 88.4 Å². The first-order valence-corrected chi connectivity index (χ1v) is 10.3. The van der Waals surface area contributed by atoms with Gasteiger partial charge in [0.05, 0.1) is 7.85 Å². The highest BCUT2D eigenvalue weighted by Crippen LogP contribution is 2.42. The molecule has 2 aromatic carbocycles. The maximum Gasteiger partial charge on any atom is 0.0818 e. The molecule has 1 heterocycles. The molecule has 1 aromatic heterocycles. The van der Waals surface area contributed by atoms with Gasteiger partial charge in [0, 0.05) is 9.75 Å². The summed E-state index contributed by atoms with van der Waals surface area (Å²) in [6.07, 6.45) is 2.11. The summed E-state index contributed by atoms with van der Waals surface area (Å²) >= 11 is 1.86. The number of benzene rings is 2. The summed E-state index contributed by atoms with van der Waals surface area (Å²) in [5.74, 6) is 0.485. The Kier molecular flexibility index (Phi) is 5.72. The fourth-order valence-corrected chi connectivity index (χ4v) is 4.92. The van der Waals surface area contributed by atoms with Gasteiger partial charge in [-0.15, -0.1) is 11.3 Å². The lowest BCUT2D eigenvalue weighted by Gasteiger charge is -2.26. The third-order valence-corrected chi connectivity index (χ3v) is 6.43. The van der Waals surface area contributed by atoms with E-state index in [1.54, 1.807) is 0 Å². The van der Waals surface area contributed by atoms with Gasteiger partial charge in [-0.25, -0.2) is 0 Å². The molecule has 132 valence electrons. The van der Waals surface area contributed by atoms with Crippen molar-refractivity contribution < 1.29 is 0 Å². The van der Waals surface area contributed by atoms with Gasteiger partial charge >= 0.3 is 0 Å². The molecule has 3 aromatic rings. The minimum Gasteiger partial charge on any atom is -0.140 e. The van der Waals surface area contributed by atoms with Crippen LogP contribution in [0.3, 0.4) is 0 Å². The maximum atomic E-state index is 6.69. The molecule has 3 rings (SSSR count). The van der Waals surface area contributed by atoms with Crippen LogP contribution in [0, 0.1) is 0 Å². The van der Waals surface area contributed by atoms with Crippen LogP contribution in [0.1, 0.15) is 56.9 Å². The van der Waals surface area contributed by atoms with Crippen molar-refractivity contribution >= 4 is 19.2 Å². The van der Waals surface area contributed by atoms with E-state index in [0.717, 1.165) is 12.8 Å². The van der Waals surface area contributed by atoms with Crippen molar-refractivity contribution in [3.63, 3.8) is 0 Å². The molecule has 0 aliphatic carbocycles. The van der Waals surface area contributed by atoms with Crippen molar-refractivity contribution in [2.45, 2.75) is 51.8 Å². The van der Waals surface area contributed by atoms with Gasteiger partial charge in [-0.2, -0.15) is 0 Å². The zero-order chi connectivity index (χ0) is 18.7. The second-order valence-electron chi connectivity index (χ2n) is 7.66. The Morgan fingerprint density at radius 3 is 2.08 bits per heavy atom. The zero-order valence-corrected chi connectivity index (χ0v) is 17.1. The SMILES string of the molecule is [B]C(C)(CCC)c1sc(-c2ccc(-c3ccccc3)cc2)cc1C(C)C. The molecule has 0 nitrogen and oxygen atoms in total. The first-order chi connectivity index (χ1) is 12.4. The van der Waals surface area contributed by atoms with Crippen LogP contribution in [-0.4, -0.2) is 7.85 Å². The molecule has 0 amide bonds. The maximum absolute atomic E-state index is 6.69. The number of rotatable bonds is 6. The molecule has 0 aliphatic rings. The third kappa shape index (κ3) is 3.96. The normalized spacial score (nSPS) is 13.7. The molecule has 0 saturated carbocycles. The van der Waals surface area contributed by atoms with Crippen molar-refractivity contribution in [1.82, 2.24) is 0 Å². The van der Waals surface area contributed by atoms with Gasteiger partial charge < -0.3 is 0 Å². The Balaban J connectivity index is 1.97. The van der Waals surface area contributed by atoms with Gasteiger partial charge in [0.2, 0.25) is 0 Å². The first-order valence-electron chi connectivity index (χ1n) is 9.51. The number of thiophene rings is 1.